The molecule has 6 nitrogen and oxygen atoms in total. The molecule has 1 fully saturated rings. The molecule has 1 saturated heterocycles. The highest BCUT2D eigenvalue weighted by molar-refractivity contribution is 5.76. The van der Waals surface area contributed by atoms with Crippen molar-refractivity contribution in [2.24, 2.45) is 12.8 Å². The van der Waals surface area contributed by atoms with E-state index in [1.165, 1.54) is 11.3 Å². The number of aromatic nitrogens is 2. The molecule has 6 heteroatoms. The van der Waals surface area contributed by atoms with Crippen molar-refractivity contribution in [3.63, 3.8) is 0 Å². The Morgan fingerprint density at radius 1 is 1.08 bits per heavy atom. The molecule has 0 aromatic carbocycles. The number of nitrogens with two attached hydrogens (primary N) is 1. The van der Waals surface area contributed by atoms with Gasteiger partial charge in [0.15, 0.2) is 0 Å². The van der Waals surface area contributed by atoms with Crippen molar-refractivity contribution >= 4 is 5.91 Å². The molecule has 24 heavy (non-hydrogen) atoms. The SMILES string of the molecule is Cc1nn(C)c(C)c1CN1CCN(C(=O)CCCCCCN)CC1. The molecule has 1 aromatic rings. The first-order chi connectivity index (χ1) is 11.5. The van der Waals surface area contributed by atoms with E-state index in [-0.39, 0.29) is 0 Å². The maximum Gasteiger partial charge on any atom is 0.222 e. The molecule has 1 amide bonds. The van der Waals surface area contributed by atoms with E-state index in [0.29, 0.717) is 12.3 Å². The average Bonchev–Trinajstić information content (AvgIpc) is 2.81. The number of hydrogen-bond donors (Lipinski definition) is 1. The normalized spacial score (nSPS) is 15.9. The first-order valence-corrected chi connectivity index (χ1v) is 9.22. The van der Waals surface area contributed by atoms with Crippen LogP contribution in [0.1, 0.15) is 49.1 Å². The number of amides is 1. The minimum absolute atomic E-state index is 0.316. The van der Waals surface area contributed by atoms with Crippen LogP contribution in [0.15, 0.2) is 0 Å². The molecule has 136 valence electrons. The van der Waals surface area contributed by atoms with E-state index < -0.39 is 0 Å². The summed E-state index contributed by atoms with van der Waals surface area (Å²) in [6, 6.07) is 0. The van der Waals surface area contributed by atoms with Gasteiger partial charge in [0.1, 0.15) is 0 Å². The van der Waals surface area contributed by atoms with E-state index >= 15 is 0 Å². The van der Waals surface area contributed by atoms with Crippen molar-refractivity contribution in [3.8, 4) is 0 Å². The number of aryl methyl sites for hydroxylation is 2. The lowest BCUT2D eigenvalue weighted by Gasteiger charge is -2.35. The van der Waals surface area contributed by atoms with E-state index in [1.54, 1.807) is 0 Å². The summed E-state index contributed by atoms with van der Waals surface area (Å²) in [4.78, 5) is 16.7. The highest BCUT2D eigenvalue weighted by Gasteiger charge is 2.22. The van der Waals surface area contributed by atoms with Crippen LogP contribution in [0.5, 0.6) is 0 Å². The van der Waals surface area contributed by atoms with Crippen molar-refractivity contribution < 1.29 is 4.79 Å². The van der Waals surface area contributed by atoms with Gasteiger partial charge in [0.2, 0.25) is 5.91 Å². The fourth-order valence-electron chi connectivity index (χ4n) is 3.36. The third kappa shape index (κ3) is 5.05. The zero-order valence-corrected chi connectivity index (χ0v) is 15.6. The highest BCUT2D eigenvalue weighted by atomic mass is 16.2. The molecule has 0 spiro atoms. The summed E-state index contributed by atoms with van der Waals surface area (Å²) in [7, 11) is 2.00. The molecule has 1 aromatic heterocycles. The number of hydrogen-bond acceptors (Lipinski definition) is 4. The second kappa shape index (κ2) is 9.18. The maximum atomic E-state index is 12.3. The lowest BCUT2D eigenvalue weighted by molar-refractivity contribution is -0.133. The lowest BCUT2D eigenvalue weighted by atomic mass is 10.1. The van der Waals surface area contributed by atoms with Crippen molar-refractivity contribution in [1.82, 2.24) is 19.6 Å². The van der Waals surface area contributed by atoms with Crippen LogP contribution in [0.3, 0.4) is 0 Å². The van der Waals surface area contributed by atoms with Gasteiger partial charge in [-0.15, -0.1) is 0 Å². The molecule has 0 bridgehead atoms. The third-order valence-corrected chi connectivity index (χ3v) is 5.11. The van der Waals surface area contributed by atoms with E-state index in [1.807, 2.05) is 16.6 Å². The number of unbranched alkanes of at least 4 members (excludes halogenated alkanes) is 3. The number of carbonyl (C=O) groups excluding carboxylic acids is 1. The minimum atomic E-state index is 0.316. The first kappa shape index (κ1) is 18.9. The Bertz CT molecular complexity index is 532. The molecule has 2 rings (SSSR count). The Hall–Kier alpha value is -1.40. The summed E-state index contributed by atoms with van der Waals surface area (Å²) in [5.41, 5.74) is 9.18. The van der Waals surface area contributed by atoms with Crippen LogP contribution >= 0.6 is 0 Å². The number of rotatable bonds is 8. The van der Waals surface area contributed by atoms with Crippen LogP contribution in [-0.2, 0) is 18.4 Å². The lowest BCUT2D eigenvalue weighted by Crippen LogP contribution is -2.48. The number of nitrogens with zero attached hydrogens (tertiary/aromatic N) is 4. The third-order valence-electron chi connectivity index (χ3n) is 5.11. The molecule has 0 atom stereocenters. The standard InChI is InChI=1S/C18H33N5O/c1-15-17(16(2)21(3)20-15)14-22-10-12-23(13-11-22)18(24)8-6-4-5-7-9-19/h4-14,19H2,1-3H3. The number of piperazine rings is 1. The molecule has 2 N–H and O–H groups in total. The van der Waals surface area contributed by atoms with Gasteiger partial charge in [0.25, 0.3) is 0 Å². The maximum absolute atomic E-state index is 12.3. The van der Waals surface area contributed by atoms with Crippen LogP contribution in [-0.4, -0.2) is 58.2 Å². The zero-order chi connectivity index (χ0) is 17.5. The summed E-state index contributed by atoms with van der Waals surface area (Å²) in [6.45, 7) is 9.49. The van der Waals surface area contributed by atoms with Crippen LogP contribution in [0.25, 0.3) is 0 Å². The van der Waals surface area contributed by atoms with E-state index in [0.717, 1.165) is 70.6 Å². The molecular formula is C18H33N5O. The highest BCUT2D eigenvalue weighted by Crippen LogP contribution is 2.16. The van der Waals surface area contributed by atoms with E-state index in [4.69, 9.17) is 5.73 Å². The summed E-state index contributed by atoms with van der Waals surface area (Å²) >= 11 is 0. The van der Waals surface area contributed by atoms with Gasteiger partial charge in [0.05, 0.1) is 5.69 Å². The van der Waals surface area contributed by atoms with Crippen LogP contribution in [0, 0.1) is 13.8 Å². The van der Waals surface area contributed by atoms with Crippen LogP contribution < -0.4 is 5.73 Å². The van der Waals surface area contributed by atoms with Gasteiger partial charge < -0.3 is 10.6 Å². The van der Waals surface area contributed by atoms with Gasteiger partial charge in [-0.1, -0.05) is 12.8 Å². The van der Waals surface area contributed by atoms with Gasteiger partial charge in [-0.25, -0.2) is 0 Å². The summed E-state index contributed by atoms with van der Waals surface area (Å²) in [5.74, 6) is 0.316. The van der Waals surface area contributed by atoms with E-state index in [9.17, 15) is 4.79 Å². The van der Waals surface area contributed by atoms with Gasteiger partial charge in [-0.05, 0) is 33.2 Å². The molecule has 0 unspecified atom stereocenters. The van der Waals surface area contributed by atoms with Crippen LogP contribution in [0.4, 0.5) is 0 Å². The van der Waals surface area contributed by atoms with Gasteiger partial charge >= 0.3 is 0 Å². The van der Waals surface area contributed by atoms with Gasteiger partial charge in [0, 0.05) is 57.4 Å². The molecule has 0 radical (unpaired) electrons. The predicted molar refractivity (Wildman–Crippen MR) is 96.7 cm³/mol. The molecule has 2 heterocycles. The van der Waals surface area contributed by atoms with Crippen molar-refractivity contribution in [2.45, 2.75) is 52.5 Å². The van der Waals surface area contributed by atoms with Crippen LogP contribution in [0.2, 0.25) is 0 Å². The Morgan fingerprint density at radius 2 is 1.75 bits per heavy atom. The average molecular weight is 335 g/mol. The summed E-state index contributed by atoms with van der Waals surface area (Å²) in [5, 5.41) is 4.49. The molecule has 1 aliphatic heterocycles. The predicted octanol–water partition coefficient (Wildman–Crippen LogP) is 1.59. The monoisotopic (exact) mass is 335 g/mol. The first-order valence-electron chi connectivity index (χ1n) is 9.22. The molecular weight excluding hydrogens is 302 g/mol. The van der Waals surface area contributed by atoms with Crippen molar-refractivity contribution in [3.05, 3.63) is 17.0 Å². The topological polar surface area (TPSA) is 67.4 Å². The number of carbonyl (C=O) groups is 1. The van der Waals surface area contributed by atoms with Crippen molar-refractivity contribution in [1.29, 1.82) is 0 Å². The fourth-order valence-corrected chi connectivity index (χ4v) is 3.36. The fraction of sp³-hybridized carbons (Fsp3) is 0.778. The smallest absolute Gasteiger partial charge is 0.222 e. The van der Waals surface area contributed by atoms with Gasteiger partial charge in [-0.3, -0.25) is 14.4 Å². The second-order valence-corrected chi connectivity index (χ2v) is 6.88. The molecule has 0 aliphatic carbocycles. The summed E-state index contributed by atoms with van der Waals surface area (Å²) in [6.07, 6.45) is 5.00. The summed E-state index contributed by atoms with van der Waals surface area (Å²) < 4.78 is 1.95. The minimum Gasteiger partial charge on any atom is -0.340 e. The Labute approximate surface area is 146 Å². The second-order valence-electron chi connectivity index (χ2n) is 6.88. The molecule has 1 aliphatic rings. The zero-order valence-electron chi connectivity index (χ0n) is 15.6. The Morgan fingerprint density at radius 3 is 2.33 bits per heavy atom. The quantitative estimate of drug-likeness (QED) is 0.733. The molecule has 0 saturated carbocycles. The Kier molecular flexibility index (Phi) is 7.24. The Balaban J connectivity index is 1.72. The van der Waals surface area contributed by atoms with Crippen molar-refractivity contribution in [2.75, 3.05) is 32.7 Å². The van der Waals surface area contributed by atoms with Gasteiger partial charge in [-0.2, -0.15) is 5.10 Å². The van der Waals surface area contributed by atoms with E-state index in [2.05, 4.69) is 23.8 Å². The largest absolute Gasteiger partial charge is 0.340 e.